The minimum absolute atomic E-state index is 0. The van der Waals surface area contributed by atoms with Gasteiger partial charge in [0, 0.05) is 0 Å². The molecule has 0 radical (unpaired) electrons. The molecule has 0 amide bonds. The number of halogens is 2. The third-order valence-corrected chi connectivity index (χ3v) is 13.0. The second-order valence-electron chi connectivity index (χ2n) is 12.1. The van der Waals surface area contributed by atoms with E-state index in [1.807, 2.05) is 0 Å². The summed E-state index contributed by atoms with van der Waals surface area (Å²) in [6, 6.07) is 10.2. The monoisotopic (exact) mass is 556 g/mol. The Balaban J connectivity index is 0.00000153. The molecule has 5 rings (SSSR count). The summed E-state index contributed by atoms with van der Waals surface area (Å²) in [5.41, 5.74) is 16.3. The smallest absolute Gasteiger partial charge is 1.00 e. The first-order chi connectivity index (χ1) is 14.4. The molecular weight excluding hydrogens is 522 g/mol. The largest absolute Gasteiger partial charge is 1.00 e. The van der Waals surface area contributed by atoms with Gasteiger partial charge in [0.2, 0.25) is 0 Å². The average molecular weight is 559 g/mol. The van der Waals surface area contributed by atoms with Crippen LogP contribution in [0, 0.1) is 0 Å². The first-order valence-corrected chi connectivity index (χ1v) is 14.7. The Hall–Kier alpha value is -0.617. The van der Waals surface area contributed by atoms with Crippen LogP contribution in [-0.4, -0.2) is 0 Å². The molecule has 0 unspecified atom stereocenters. The molecule has 174 valence electrons. The van der Waals surface area contributed by atoms with Gasteiger partial charge in [-0.15, -0.1) is 0 Å². The number of rotatable bonds is 0. The van der Waals surface area contributed by atoms with Crippen LogP contribution in [0.1, 0.15) is 107 Å². The number of hydrogen-bond acceptors (Lipinski definition) is 0. The van der Waals surface area contributed by atoms with Gasteiger partial charge in [-0.25, -0.2) is 0 Å². The summed E-state index contributed by atoms with van der Waals surface area (Å²) >= 11 is -0.768. The Labute approximate surface area is 225 Å². The first kappa shape index (κ1) is 27.0. The van der Waals surface area contributed by atoms with Crippen LogP contribution in [0.15, 0.2) is 35.4 Å². The third-order valence-electron chi connectivity index (χ3n) is 7.60. The van der Waals surface area contributed by atoms with Gasteiger partial charge in [-0.2, -0.15) is 0 Å². The minimum atomic E-state index is -0.768. The summed E-state index contributed by atoms with van der Waals surface area (Å²) in [6.07, 6.45) is 7.39. The van der Waals surface area contributed by atoms with E-state index in [0.29, 0.717) is 7.25 Å². The molecule has 0 saturated heterocycles. The Bertz CT molecular complexity index is 1060. The fourth-order valence-corrected chi connectivity index (χ4v) is 10.2. The van der Waals surface area contributed by atoms with Crippen molar-refractivity contribution in [1.82, 2.24) is 0 Å². The number of benzene rings is 2. The second kappa shape index (κ2) is 9.11. The molecule has 1 heterocycles. The van der Waals surface area contributed by atoms with Gasteiger partial charge < -0.3 is 24.8 Å². The molecule has 33 heavy (non-hydrogen) atoms. The zero-order valence-corrected chi connectivity index (χ0v) is 25.3. The van der Waals surface area contributed by atoms with Crippen LogP contribution < -0.4 is 24.8 Å². The Morgan fingerprint density at radius 1 is 0.636 bits per heavy atom. The van der Waals surface area contributed by atoms with Gasteiger partial charge in [-0.05, 0) is 0 Å². The number of hydrogen-bond donors (Lipinski definition) is 0. The Morgan fingerprint density at radius 2 is 1.00 bits per heavy atom. The molecule has 3 aliphatic rings. The first-order valence-electron chi connectivity index (χ1n) is 11.9. The van der Waals surface area contributed by atoms with Gasteiger partial charge in [0.1, 0.15) is 0 Å². The second-order valence-corrected chi connectivity index (χ2v) is 15.7. The summed E-state index contributed by atoms with van der Waals surface area (Å²) in [7, 11) is 0. The maximum absolute atomic E-state index is 2.58. The molecule has 2 atom stereocenters. The molecule has 0 saturated carbocycles. The van der Waals surface area contributed by atoms with Crippen LogP contribution in [0.3, 0.4) is 0 Å². The normalized spacial score (nSPS) is 20.4. The van der Waals surface area contributed by atoms with Gasteiger partial charge in [0.15, 0.2) is 0 Å². The molecule has 0 nitrogen and oxygen atoms in total. The molecule has 3 heteroatoms. The van der Waals surface area contributed by atoms with Crippen LogP contribution >= 0.6 is 0 Å². The molecular formula is C30H36Cl2Zr. The summed E-state index contributed by atoms with van der Waals surface area (Å²) in [6.45, 7) is 19.0. The quantitative estimate of drug-likeness (QED) is 0.465. The van der Waals surface area contributed by atoms with Crippen molar-refractivity contribution < 1.29 is 48.0 Å². The Kier molecular flexibility index (Phi) is 7.45. The van der Waals surface area contributed by atoms with Crippen LogP contribution in [0.2, 0.25) is 0 Å². The van der Waals surface area contributed by atoms with Gasteiger partial charge in [0.25, 0.3) is 0 Å². The van der Waals surface area contributed by atoms with Crippen LogP contribution in [-0.2, 0) is 46.9 Å². The predicted octanol–water partition coefficient (Wildman–Crippen LogP) is 2.09. The summed E-state index contributed by atoms with van der Waals surface area (Å²) < 4.78 is 1.41. The van der Waals surface area contributed by atoms with Gasteiger partial charge >= 0.3 is 202 Å². The third kappa shape index (κ3) is 4.64. The van der Waals surface area contributed by atoms with E-state index in [1.54, 1.807) is 44.5 Å². The van der Waals surface area contributed by atoms with Crippen LogP contribution in [0.25, 0.3) is 12.2 Å². The van der Waals surface area contributed by atoms with Crippen molar-refractivity contribution in [1.29, 1.82) is 0 Å². The molecule has 1 aliphatic heterocycles. The summed E-state index contributed by atoms with van der Waals surface area (Å²) in [4.78, 5) is 0. The molecule has 0 fully saturated rings. The van der Waals surface area contributed by atoms with E-state index in [4.69, 9.17) is 0 Å². The standard InChI is InChI=1S/C30H36.2ClH.Zr/c1-19-11-23-17-25(29(3,4)5)15-21(27(23)13-19)9-10-22-16-26(30(6,7)8)18-24-12-20(2)14-28(22)24;;;/h11-18H,9-10H2,1-8H3;2*1H;/q;;;+2/p-2. The molecule has 0 spiro atoms. The molecule has 0 aromatic heterocycles. The average Bonchev–Trinajstić information content (AvgIpc) is 3.14. The van der Waals surface area contributed by atoms with Gasteiger partial charge in [-0.1, -0.05) is 0 Å². The van der Waals surface area contributed by atoms with Crippen LogP contribution in [0.4, 0.5) is 0 Å². The van der Waals surface area contributed by atoms with E-state index < -0.39 is 23.2 Å². The van der Waals surface area contributed by atoms with E-state index in [9.17, 15) is 0 Å². The predicted molar refractivity (Wildman–Crippen MR) is 130 cm³/mol. The van der Waals surface area contributed by atoms with Crippen molar-refractivity contribution in [2.45, 2.75) is 86.3 Å². The van der Waals surface area contributed by atoms with Crippen molar-refractivity contribution in [3.8, 4) is 0 Å². The van der Waals surface area contributed by atoms with Gasteiger partial charge in [0.05, 0.1) is 0 Å². The zero-order chi connectivity index (χ0) is 22.3. The van der Waals surface area contributed by atoms with Crippen molar-refractivity contribution in [3.63, 3.8) is 0 Å². The minimum Gasteiger partial charge on any atom is -1.00 e. The molecule has 8 bridgehead atoms. The van der Waals surface area contributed by atoms with Crippen molar-refractivity contribution >= 4 is 12.2 Å². The van der Waals surface area contributed by atoms with Crippen molar-refractivity contribution in [3.05, 3.63) is 79.9 Å². The molecule has 2 aromatic rings. The number of allylic oxidation sites excluding steroid dienone is 2. The van der Waals surface area contributed by atoms with Crippen molar-refractivity contribution in [2.75, 3.05) is 0 Å². The van der Waals surface area contributed by atoms with Crippen molar-refractivity contribution in [2.24, 2.45) is 0 Å². The van der Waals surface area contributed by atoms with Gasteiger partial charge in [-0.3, -0.25) is 0 Å². The zero-order valence-electron chi connectivity index (χ0n) is 21.3. The molecule has 2 aliphatic carbocycles. The maximum atomic E-state index is 2.58. The van der Waals surface area contributed by atoms with E-state index in [0.717, 1.165) is 12.8 Å². The SMILES string of the molecule is CC1=Cc2c3cc(C(C)(C)C)cc2[C@@H]1[Zr+2][C@H]1C(C)=Cc2c(cc(C(C)(C)C)cc21)CC3.[Cl-].[Cl-]. The fraction of sp³-hybridized carbons (Fsp3) is 0.467. The van der Waals surface area contributed by atoms with E-state index in [-0.39, 0.29) is 35.6 Å². The summed E-state index contributed by atoms with van der Waals surface area (Å²) in [5, 5.41) is 0. The molecule has 2 aromatic carbocycles. The van der Waals surface area contributed by atoms with E-state index in [1.165, 1.54) is 11.1 Å². The molecule has 0 N–H and O–H groups in total. The topological polar surface area (TPSA) is 0 Å². The Morgan fingerprint density at radius 3 is 1.33 bits per heavy atom. The summed E-state index contributed by atoms with van der Waals surface area (Å²) in [5.74, 6) is 0. The van der Waals surface area contributed by atoms with E-state index >= 15 is 0 Å². The van der Waals surface area contributed by atoms with Crippen LogP contribution in [0.5, 0.6) is 0 Å². The number of aryl methyl sites for hydroxylation is 2. The maximum Gasteiger partial charge on any atom is -1.00 e. The fourth-order valence-electron chi connectivity index (χ4n) is 5.58. The van der Waals surface area contributed by atoms with E-state index in [2.05, 4.69) is 91.8 Å².